The summed E-state index contributed by atoms with van der Waals surface area (Å²) in [5.74, 6) is 0.489. The molecule has 1 aliphatic heterocycles. The van der Waals surface area contributed by atoms with Crippen molar-refractivity contribution in [1.82, 2.24) is 14.5 Å². The number of amides is 1. The van der Waals surface area contributed by atoms with Crippen LogP contribution in [0.3, 0.4) is 0 Å². The van der Waals surface area contributed by atoms with Crippen LogP contribution >= 0.6 is 0 Å². The molecule has 1 atom stereocenters. The van der Waals surface area contributed by atoms with E-state index in [4.69, 9.17) is 10.2 Å². The molecule has 182 valence electrons. The number of hydrogen-bond acceptors (Lipinski definition) is 4. The monoisotopic (exact) mass is 470 g/mol. The van der Waals surface area contributed by atoms with E-state index in [-0.39, 0.29) is 29.6 Å². The summed E-state index contributed by atoms with van der Waals surface area (Å²) in [5.41, 5.74) is 4.94. The molecule has 1 fully saturated rings. The first-order valence-corrected chi connectivity index (χ1v) is 12.3. The number of piperidine rings is 1. The molecule has 0 N–H and O–H groups in total. The second-order valence-corrected chi connectivity index (χ2v) is 10.7. The van der Waals surface area contributed by atoms with Crippen molar-refractivity contribution >= 4 is 22.7 Å². The first kappa shape index (κ1) is 24.7. The van der Waals surface area contributed by atoms with Crippen LogP contribution in [-0.4, -0.2) is 38.2 Å². The van der Waals surface area contributed by atoms with Crippen LogP contribution in [0, 0.1) is 24.2 Å². The zero-order chi connectivity index (χ0) is 25.5. The van der Waals surface area contributed by atoms with Crippen molar-refractivity contribution in [3.05, 3.63) is 64.5 Å². The lowest BCUT2D eigenvalue weighted by atomic mass is 9.78. The zero-order valence-electron chi connectivity index (χ0n) is 21.6. The normalized spacial score (nSPS) is 17.5. The zero-order valence-corrected chi connectivity index (χ0v) is 21.6. The highest BCUT2D eigenvalue weighted by Crippen LogP contribution is 2.42. The van der Waals surface area contributed by atoms with Gasteiger partial charge in [0, 0.05) is 54.8 Å². The van der Waals surface area contributed by atoms with Gasteiger partial charge < -0.3 is 9.47 Å². The topological polar surface area (TPSA) is 79.0 Å². The second-order valence-electron chi connectivity index (χ2n) is 10.7. The average Bonchev–Trinajstić information content (AvgIpc) is 3.16. The van der Waals surface area contributed by atoms with Gasteiger partial charge in [-0.05, 0) is 68.4 Å². The van der Waals surface area contributed by atoms with Crippen LogP contribution in [0.4, 0.5) is 0 Å². The minimum atomic E-state index is -0.229. The van der Waals surface area contributed by atoms with E-state index in [1.165, 1.54) is 5.56 Å². The summed E-state index contributed by atoms with van der Waals surface area (Å²) in [6, 6.07) is 8.95. The molecule has 0 unspecified atom stereocenters. The average molecular weight is 471 g/mol. The molecule has 1 saturated heterocycles. The summed E-state index contributed by atoms with van der Waals surface area (Å²) in [4.78, 5) is 32.6. The molecular formula is C29H34N4O2. The Kier molecular flexibility index (Phi) is 6.55. The van der Waals surface area contributed by atoms with Crippen molar-refractivity contribution in [2.45, 2.75) is 65.3 Å². The van der Waals surface area contributed by atoms with E-state index in [0.717, 1.165) is 41.5 Å². The SMILES string of the molecule is Cc1c(CC(=O)c2cccc(C#N)c2)cnc2c1c([C@@H]1CCN(C(=O)C(C)C)C(C)(C)C1)cn2C. The van der Waals surface area contributed by atoms with Crippen LogP contribution < -0.4 is 0 Å². The Morgan fingerprint density at radius 2 is 2.03 bits per heavy atom. The summed E-state index contributed by atoms with van der Waals surface area (Å²) in [6.07, 6.45) is 6.01. The molecule has 0 aliphatic carbocycles. The number of nitrogens with zero attached hydrogens (tertiary/aromatic N) is 4. The van der Waals surface area contributed by atoms with E-state index in [2.05, 4.69) is 37.6 Å². The predicted molar refractivity (Wildman–Crippen MR) is 137 cm³/mol. The highest BCUT2D eigenvalue weighted by atomic mass is 16.2. The number of fused-ring (bicyclic) bond motifs is 1. The van der Waals surface area contributed by atoms with Crippen LogP contribution in [0.1, 0.15) is 79.1 Å². The molecule has 0 saturated carbocycles. The van der Waals surface area contributed by atoms with Gasteiger partial charge in [0.1, 0.15) is 5.65 Å². The summed E-state index contributed by atoms with van der Waals surface area (Å²) >= 11 is 0. The standard InChI is InChI=1S/C29H34N4O2/c1-18(2)28(35)33-11-10-22(14-29(33,4)5)24-17-32(6)27-26(24)19(3)23(16-31-27)13-25(34)21-9-7-8-20(12-21)15-30/h7-9,12,16-18,22H,10-11,13-14H2,1-6H3/t22-/m1/s1. The predicted octanol–water partition coefficient (Wildman–Crippen LogP) is 5.32. The third-order valence-electron chi connectivity index (χ3n) is 7.42. The van der Waals surface area contributed by atoms with E-state index < -0.39 is 0 Å². The maximum absolute atomic E-state index is 13.0. The number of hydrogen-bond donors (Lipinski definition) is 0. The Morgan fingerprint density at radius 1 is 1.29 bits per heavy atom. The third-order valence-corrected chi connectivity index (χ3v) is 7.42. The van der Waals surface area contributed by atoms with E-state index >= 15 is 0 Å². The minimum absolute atomic E-state index is 0.0104. The number of carbonyl (C=O) groups is 2. The van der Waals surface area contributed by atoms with E-state index in [0.29, 0.717) is 17.0 Å². The molecule has 2 aromatic heterocycles. The number of likely N-dealkylation sites (tertiary alicyclic amines) is 1. The van der Waals surface area contributed by atoms with Crippen molar-refractivity contribution in [1.29, 1.82) is 5.26 Å². The Labute approximate surface area is 207 Å². The number of carbonyl (C=O) groups excluding carboxylic acids is 2. The fourth-order valence-electron chi connectivity index (χ4n) is 5.49. The van der Waals surface area contributed by atoms with E-state index in [9.17, 15) is 9.59 Å². The van der Waals surface area contributed by atoms with Gasteiger partial charge in [0.15, 0.2) is 5.78 Å². The number of benzene rings is 1. The fraction of sp³-hybridized carbons (Fsp3) is 0.448. The van der Waals surface area contributed by atoms with Gasteiger partial charge in [-0.2, -0.15) is 5.26 Å². The van der Waals surface area contributed by atoms with Crippen molar-refractivity contribution < 1.29 is 9.59 Å². The number of rotatable bonds is 5. The van der Waals surface area contributed by atoms with Crippen molar-refractivity contribution in [2.75, 3.05) is 6.54 Å². The number of nitriles is 1. The summed E-state index contributed by atoms with van der Waals surface area (Å²) in [5, 5.41) is 10.3. The lowest BCUT2D eigenvalue weighted by Gasteiger charge is -2.46. The van der Waals surface area contributed by atoms with Gasteiger partial charge in [-0.25, -0.2) is 4.98 Å². The van der Waals surface area contributed by atoms with Crippen molar-refractivity contribution in [3.8, 4) is 6.07 Å². The van der Waals surface area contributed by atoms with Crippen LogP contribution in [-0.2, 0) is 18.3 Å². The van der Waals surface area contributed by atoms with Gasteiger partial charge in [0.2, 0.25) is 5.91 Å². The van der Waals surface area contributed by atoms with Crippen molar-refractivity contribution in [2.24, 2.45) is 13.0 Å². The molecule has 3 heterocycles. The Bertz CT molecular complexity index is 1340. The maximum Gasteiger partial charge on any atom is 0.225 e. The van der Waals surface area contributed by atoms with Gasteiger partial charge in [0.25, 0.3) is 0 Å². The number of pyridine rings is 1. The molecule has 6 heteroatoms. The second kappa shape index (κ2) is 9.30. The largest absolute Gasteiger partial charge is 0.337 e. The Morgan fingerprint density at radius 3 is 2.69 bits per heavy atom. The molecule has 35 heavy (non-hydrogen) atoms. The Balaban J connectivity index is 1.67. The number of ketones is 1. The van der Waals surface area contributed by atoms with Crippen LogP contribution in [0.15, 0.2) is 36.7 Å². The summed E-state index contributed by atoms with van der Waals surface area (Å²) in [6.45, 7) is 11.1. The molecule has 0 spiro atoms. The van der Waals surface area contributed by atoms with Gasteiger partial charge in [-0.3, -0.25) is 9.59 Å². The molecule has 1 aromatic carbocycles. The highest BCUT2D eigenvalue weighted by Gasteiger charge is 2.39. The molecule has 1 aliphatic rings. The quantitative estimate of drug-likeness (QED) is 0.473. The first-order chi connectivity index (χ1) is 16.5. The highest BCUT2D eigenvalue weighted by molar-refractivity contribution is 5.98. The third kappa shape index (κ3) is 4.60. The van der Waals surface area contributed by atoms with Crippen molar-refractivity contribution in [3.63, 3.8) is 0 Å². The van der Waals surface area contributed by atoms with Gasteiger partial charge in [-0.15, -0.1) is 0 Å². The van der Waals surface area contributed by atoms with Crippen LogP contribution in [0.2, 0.25) is 0 Å². The number of aromatic nitrogens is 2. The molecular weight excluding hydrogens is 436 g/mol. The molecule has 0 bridgehead atoms. The molecule has 0 radical (unpaired) electrons. The van der Waals surface area contributed by atoms with E-state index in [1.54, 1.807) is 30.5 Å². The van der Waals surface area contributed by atoms with Gasteiger partial charge in [-0.1, -0.05) is 26.0 Å². The maximum atomic E-state index is 13.0. The minimum Gasteiger partial charge on any atom is -0.337 e. The smallest absolute Gasteiger partial charge is 0.225 e. The van der Waals surface area contributed by atoms with Crippen LogP contribution in [0.25, 0.3) is 11.0 Å². The van der Waals surface area contributed by atoms with Gasteiger partial charge in [0.05, 0.1) is 11.6 Å². The summed E-state index contributed by atoms with van der Waals surface area (Å²) in [7, 11) is 2.01. The lowest BCUT2D eigenvalue weighted by molar-refractivity contribution is -0.142. The molecule has 1 amide bonds. The van der Waals surface area contributed by atoms with E-state index in [1.807, 2.05) is 25.8 Å². The molecule has 6 nitrogen and oxygen atoms in total. The molecule has 3 aromatic rings. The Hall–Kier alpha value is -3.46. The lowest BCUT2D eigenvalue weighted by Crippen LogP contribution is -2.53. The number of aryl methyl sites for hydroxylation is 2. The van der Waals surface area contributed by atoms with Crippen LogP contribution in [0.5, 0.6) is 0 Å². The number of Topliss-reactive ketones (excluding diaryl/α,β-unsaturated/α-hetero) is 1. The first-order valence-electron chi connectivity index (χ1n) is 12.3. The summed E-state index contributed by atoms with van der Waals surface area (Å²) < 4.78 is 2.07. The fourth-order valence-corrected chi connectivity index (χ4v) is 5.49. The van der Waals surface area contributed by atoms with Gasteiger partial charge >= 0.3 is 0 Å². The molecule has 4 rings (SSSR count).